The van der Waals surface area contributed by atoms with E-state index in [2.05, 4.69) is 13.8 Å². The summed E-state index contributed by atoms with van der Waals surface area (Å²) >= 11 is 0. The first-order valence-electron chi connectivity index (χ1n) is 15.8. The molecule has 13 heteroatoms. The molecule has 47 heavy (non-hydrogen) atoms. The second-order valence-corrected chi connectivity index (χ2v) is 13.0. The fourth-order valence-electron chi connectivity index (χ4n) is 7.95. The van der Waals surface area contributed by atoms with Gasteiger partial charge in [-0.3, -0.25) is 24.0 Å². The Labute approximate surface area is 273 Å². The molecule has 1 saturated heterocycles. The standard InChI is InChI=1S/C34H44O13/c1-18-9-12-25-33(5,23(18)11-10-22-13-16-42-24(22)17-35)14-8-15-34(25,6)32(40)47-31-29(45-21(4)38)27(44-20(3)37)26(43-19(2)36)28(46-31)30(39)41-7/h13,16-17,25-29,31H,8-12,14-15H2,1-7H3/t25-,26-,27+,28+,29+,31+,33-,34+/m1/s1. The maximum absolute atomic E-state index is 14.3. The lowest BCUT2D eigenvalue weighted by Crippen LogP contribution is -2.64. The minimum Gasteiger partial charge on any atom is -0.467 e. The Bertz CT molecular complexity index is 1420. The van der Waals surface area contributed by atoms with Crippen molar-refractivity contribution >= 4 is 36.1 Å². The largest absolute Gasteiger partial charge is 0.467 e. The molecular weight excluding hydrogens is 616 g/mol. The Morgan fingerprint density at radius 2 is 1.55 bits per heavy atom. The van der Waals surface area contributed by atoms with Crippen molar-refractivity contribution < 1.29 is 61.6 Å². The molecule has 0 unspecified atom stereocenters. The zero-order chi connectivity index (χ0) is 34.7. The summed E-state index contributed by atoms with van der Waals surface area (Å²) in [6, 6.07) is 1.80. The van der Waals surface area contributed by atoms with Crippen LogP contribution in [0.3, 0.4) is 0 Å². The zero-order valence-corrected chi connectivity index (χ0v) is 28.0. The van der Waals surface area contributed by atoms with Crippen molar-refractivity contribution in [2.24, 2.45) is 16.7 Å². The Hall–Kier alpha value is -4.00. The van der Waals surface area contributed by atoms with Crippen LogP contribution in [0.2, 0.25) is 0 Å². The average Bonchev–Trinajstić information content (AvgIpc) is 3.45. The number of fused-ring (bicyclic) bond motifs is 1. The molecule has 0 radical (unpaired) electrons. The van der Waals surface area contributed by atoms with Gasteiger partial charge in [-0.2, -0.15) is 0 Å². The van der Waals surface area contributed by atoms with Gasteiger partial charge in [0.1, 0.15) is 0 Å². The van der Waals surface area contributed by atoms with Gasteiger partial charge in [-0.1, -0.05) is 24.5 Å². The van der Waals surface area contributed by atoms with E-state index in [1.165, 1.54) is 17.4 Å². The number of aldehydes is 1. The molecule has 2 heterocycles. The molecule has 0 bridgehead atoms. The van der Waals surface area contributed by atoms with Crippen molar-refractivity contribution in [1.82, 2.24) is 0 Å². The van der Waals surface area contributed by atoms with Gasteiger partial charge in [-0.25, -0.2) is 4.79 Å². The van der Waals surface area contributed by atoms with Gasteiger partial charge in [0.2, 0.25) is 12.4 Å². The molecule has 1 aliphatic heterocycles. The van der Waals surface area contributed by atoms with E-state index in [1.807, 2.05) is 6.92 Å². The van der Waals surface area contributed by atoms with E-state index >= 15 is 0 Å². The number of esters is 5. The second kappa shape index (κ2) is 14.4. The molecule has 1 aromatic rings. The van der Waals surface area contributed by atoms with Crippen molar-refractivity contribution in [1.29, 1.82) is 0 Å². The molecule has 8 atom stereocenters. The number of allylic oxidation sites excluding steroid dienone is 2. The summed E-state index contributed by atoms with van der Waals surface area (Å²) in [7, 11) is 1.09. The van der Waals surface area contributed by atoms with Crippen LogP contribution < -0.4 is 0 Å². The third-order valence-electron chi connectivity index (χ3n) is 10.00. The number of carbonyl (C=O) groups is 6. The fourth-order valence-corrected chi connectivity index (χ4v) is 7.95. The van der Waals surface area contributed by atoms with E-state index in [0.717, 1.165) is 59.1 Å². The van der Waals surface area contributed by atoms with E-state index in [4.69, 9.17) is 32.8 Å². The lowest BCUT2D eigenvalue weighted by Gasteiger charge is -2.55. The first-order chi connectivity index (χ1) is 22.2. The van der Waals surface area contributed by atoms with Crippen LogP contribution in [-0.2, 0) is 58.8 Å². The van der Waals surface area contributed by atoms with E-state index in [-0.39, 0.29) is 11.3 Å². The van der Waals surface area contributed by atoms with Gasteiger partial charge in [0.05, 0.1) is 18.8 Å². The van der Waals surface area contributed by atoms with E-state index in [9.17, 15) is 28.8 Å². The molecule has 0 aromatic carbocycles. The molecule has 0 N–H and O–H groups in total. The summed E-state index contributed by atoms with van der Waals surface area (Å²) in [5, 5.41) is 0. The lowest BCUT2D eigenvalue weighted by molar-refractivity contribution is -0.298. The molecule has 1 saturated carbocycles. The molecule has 2 fully saturated rings. The van der Waals surface area contributed by atoms with E-state index in [1.54, 1.807) is 6.07 Å². The minimum atomic E-state index is -1.71. The number of aryl methyl sites for hydroxylation is 1. The van der Waals surface area contributed by atoms with Crippen molar-refractivity contribution in [3.05, 3.63) is 34.8 Å². The van der Waals surface area contributed by atoms with Crippen molar-refractivity contribution in [2.75, 3.05) is 7.11 Å². The fraction of sp³-hybridized carbons (Fsp3) is 0.647. The van der Waals surface area contributed by atoms with Crippen LogP contribution in [0.4, 0.5) is 0 Å². The molecule has 13 nitrogen and oxygen atoms in total. The molecule has 4 rings (SSSR count). The smallest absolute Gasteiger partial charge is 0.339 e. The van der Waals surface area contributed by atoms with Crippen molar-refractivity contribution in [3.8, 4) is 0 Å². The van der Waals surface area contributed by atoms with Gasteiger partial charge >= 0.3 is 29.8 Å². The monoisotopic (exact) mass is 660 g/mol. The SMILES string of the molecule is COC(=O)[C@H]1O[C@@H](OC(=O)[C@@]2(C)CCC[C@]3(C)C(CCc4ccoc4C=O)=C(C)CC[C@@H]23)[C@@H](OC(C)=O)[C@@H](OC(C)=O)[C@H]1OC(C)=O. The number of hydrogen-bond donors (Lipinski definition) is 0. The predicted molar refractivity (Wildman–Crippen MR) is 161 cm³/mol. The van der Waals surface area contributed by atoms with Gasteiger partial charge in [-0.05, 0) is 69.8 Å². The van der Waals surface area contributed by atoms with Gasteiger partial charge in [0.25, 0.3) is 0 Å². The second-order valence-electron chi connectivity index (χ2n) is 13.0. The molecule has 0 spiro atoms. The van der Waals surface area contributed by atoms with E-state index in [0.29, 0.717) is 31.3 Å². The van der Waals surface area contributed by atoms with Crippen LogP contribution in [0.25, 0.3) is 0 Å². The number of methoxy groups -OCH3 is 1. The molecule has 0 amide bonds. The highest BCUT2D eigenvalue weighted by Crippen LogP contribution is 2.61. The molecule has 258 valence electrons. The Morgan fingerprint density at radius 3 is 2.17 bits per heavy atom. The van der Waals surface area contributed by atoms with Crippen LogP contribution in [-0.4, -0.2) is 73.9 Å². The van der Waals surface area contributed by atoms with Crippen molar-refractivity contribution in [2.45, 2.75) is 117 Å². The van der Waals surface area contributed by atoms with Crippen LogP contribution in [0.5, 0.6) is 0 Å². The maximum atomic E-state index is 14.3. The van der Waals surface area contributed by atoms with Gasteiger partial charge in [0.15, 0.2) is 30.4 Å². The van der Waals surface area contributed by atoms with E-state index < -0.39 is 66.0 Å². The maximum Gasteiger partial charge on any atom is 0.339 e. The molecule has 2 aliphatic carbocycles. The first kappa shape index (κ1) is 35.8. The molecule has 3 aliphatic rings. The summed E-state index contributed by atoms with van der Waals surface area (Å²) in [5.41, 5.74) is 1.94. The highest BCUT2D eigenvalue weighted by Gasteiger charge is 2.60. The lowest BCUT2D eigenvalue weighted by atomic mass is 9.49. The topological polar surface area (TPSA) is 171 Å². The summed E-state index contributed by atoms with van der Waals surface area (Å²) in [4.78, 5) is 75.0. The summed E-state index contributed by atoms with van der Waals surface area (Å²) in [6.45, 7) is 9.40. The van der Waals surface area contributed by atoms with Crippen LogP contribution in [0.1, 0.15) is 96.2 Å². The summed E-state index contributed by atoms with van der Waals surface area (Å²) in [5.74, 6) is -3.94. The molecular formula is C34H44O13. The highest BCUT2D eigenvalue weighted by molar-refractivity contribution is 5.79. The predicted octanol–water partition coefficient (Wildman–Crippen LogP) is 4.18. The number of carbonyl (C=O) groups excluding carboxylic acids is 6. The Balaban J connectivity index is 1.66. The van der Waals surface area contributed by atoms with Gasteiger partial charge in [-0.15, -0.1) is 0 Å². The summed E-state index contributed by atoms with van der Waals surface area (Å²) in [6.07, 6.45) is -1.03. The number of furan rings is 1. The van der Waals surface area contributed by atoms with Crippen LogP contribution >= 0.6 is 0 Å². The third-order valence-corrected chi connectivity index (χ3v) is 10.00. The third kappa shape index (κ3) is 7.29. The number of ether oxygens (including phenoxy) is 6. The zero-order valence-electron chi connectivity index (χ0n) is 28.0. The van der Waals surface area contributed by atoms with Crippen molar-refractivity contribution in [3.63, 3.8) is 0 Å². The number of rotatable bonds is 10. The normalized spacial score (nSPS) is 32.0. The molecule has 1 aromatic heterocycles. The van der Waals surface area contributed by atoms with Crippen LogP contribution in [0.15, 0.2) is 27.9 Å². The Kier molecular flexibility index (Phi) is 11.0. The Morgan fingerprint density at radius 1 is 0.915 bits per heavy atom. The number of hydrogen-bond acceptors (Lipinski definition) is 13. The summed E-state index contributed by atoms with van der Waals surface area (Å²) < 4.78 is 38.2. The van der Waals surface area contributed by atoms with Crippen LogP contribution in [0, 0.1) is 16.7 Å². The minimum absolute atomic E-state index is 0.143. The van der Waals surface area contributed by atoms with Gasteiger partial charge in [0, 0.05) is 26.3 Å². The van der Waals surface area contributed by atoms with Gasteiger partial charge < -0.3 is 32.8 Å². The highest BCUT2D eigenvalue weighted by atomic mass is 16.7. The average molecular weight is 661 g/mol. The quantitative estimate of drug-likeness (QED) is 0.152. The first-order valence-corrected chi connectivity index (χ1v) is 15.8.